The van der Waals surface area contributed by atoms with Gasteiger partial charge >= 0.3 is 0 Å². The number of imidazole rings is 1. The Bertz CT molecular complexity index is 915. The van der Waals surface area contributed by atoms with E-state index in [9.17, 15) is 8.78 Å². The van der Waals surface area contributed by atoms with Crippen LogP contribution < -0.4 is 11.1 Å². The molecular weight excluding hydrogens is 288 g/mol. The van der Waals surface area contributed by atoms with Crippen LogP contribution in [-0.2, 0) is 0 Å². The van der Waals surface area contributed by atoms with Crippen LogP contribution in [0.1, 0.15) is 11.7 Å². The third-order valence-electron chi connectivity index (χ3n) is 3.58. The van der Waals surface area contributed by atoms with Gasteiger partial charge < -0.3 is 5.73 Å². The van der Waals surface area contributed by atoms with Crippen molar-refractivity contribution in [3.8, 4) is 0 Å². The number of hydrogen-bond donors (Lipinski definition) is 2. The summed E-state index contributed by atoms with van der Waals surface area (Å²) in [5.41, 5.74) is 7.87. The monoisotopic (exact) mass is 299 g/mol. The van der Waals surface area contributed by atoms with E-state index in [1.165, 1.54) is 6.07 Å². The van der Waals surface area contributed by atoms with Gasteiger partial charge in [-0.15, -0.1) is 0 Å². The molecule has 110 valence electrons. The zero-order valence-electron chi connectivity index (χ0n) is 11.3. The van der Waals surface area contributed by atoms with Crippen molar-refractivity contribution in [1.82, 2.24) is 9.55 Å². The van der Waals surface area contributed by atoms with Gasteiger partial charge in [0.15, 0.2) is 23.8 Å². The van der Waals surface area contributed by atoms with Gasteiger partial charge in [0.1, 0.15) is 0 Å². The van der Waals surface area contributed by atoms with E-state index in [0.29, 0.717) is 11.5 Å². The highest BCUT2D eigenvalue weighted by molar-refractivity contribution is 5.94. The molecule has 0 unspecified atom stereocenters. The molecule has 1 atom stereocenters. The van der Waals surface area contributed by atoms with Gasteiger partial charge in [0.2, 0.25) is 5.95 Å². The van der Waals surface area contributed by atoms with E-state index < -0.39 is 17.8 Å². The van der Waals surface area contributed by atoms with Gasteiger partial charge in [-0.3, -0.25) is 9.88 Å². The molecule has 1 aliphatic rings. The molecule has 3 aromatic rings. The Morgan fingerprint density at radius 2 is 1.91 bits per heavy atom. The van der Waals surface area contributed by atoms with E-state index in [-0.39, 0.29) is 5.96 Å². The fourth-order valence-electron chi connectivity index (χ4n) is 2.61. The number of aliphatic imine (C=N–C) groups is 1. The molecule has 2 heterocycles. The molecule has 7 heteroatoms. The summed E-state index contributed by atoms with van der Waals surface area (Å²) in [7, 11) is 0. The van der Waals surface area contributed by atoms with Crippen LogP contribution in [0.5, 0.6) is 0 Å². The summed E-state index contributed by atoms with van der Waals surface area (Å²) in [5.74, 6) is -1.12. The topological polar surface area (TPSA) is 68.2 Å². The van der Waals surface area contributed by atoms with Crippen molar-refractivity contribution in [2.24, 2.45) is 10.7 Å². The standard InChI is InChI=1S/C15H11F2N5/c16-9-6-5-8(7-10(9)17)13-20-14(18)21-15-19-11-3-1-2-4-12(11)22(13)15/h1-7,13H,(H3,18,19,20,21)/t13-/m1/s1. The molecule has 0 saturated heterocycles. The maximum absolute atomic E-state index is 13.6. The van der Waals surface area contributed by atoms with Gasteiger partial charge in [-0.2, -0.15) is 0 Å². The molecule has 3 N–H and O–H groups in total. The number of nitrogens with zero attached hydrogens (tertiary/aromatic N) is 3. The number of rotatable bonds is 1. The SMILES string of the molecule is NC1=N[C@@H](c2ccc(F)c(F)c2)n2c(nc3ccccc32)N1. The van der Waals surface area contributed by atoms with Crippen molar-refractivity contribution in [2.45, 2.75) is 6.17 Å². The van der Waals surface area contributed by atoms with E-state index in [2.05, 4.69) is 15.3 Å². The lowest BCUT2D eigenvalue weighted by Gasteiger charge is -2.23. The van der Waals surface area contributed by atoms with Gasteiger partial charge in [0, 0.05) is 5.56 Å². The molecule has 0 spiro atoms. The normalized spacial score (nSPS) is 17.0. The largest absolute Gasteiger partial charge is 0.370 e. The number of para-hydroxylation sites is 2. The maximum Gasteiger partial charge on any atom is 0.212 e. The molecule has 1 aromatic heterocycles. The summed E-state index contributed by atoms with van der Waals surface area (Å²) in [5, 5.41) is 2.89. The minimum absolute atomic E-state index is 0.178. The first-order chi connectivity index (χ1) is 10.6. The molecule has 22 heavy (non-hydrogen) atoms. The fraction of sp³-hybridized carbons (Fsp3) is 0.0667. The first-order valence-electron chi connectivity index (χ1n) is 6.66. The third kappa shape index (κ3) is 1.82. The van der Waals surface area contributed by atoms with E-state index in [1.54, 1.807) is 4.57 Å². The second-order valence-electron chi connectivity index (χ2n) is 4.98. The Labute approximate surface area is 124 Å². The summed E-state index contributed by atoms with van der Waals surface area (Å²) in [6, 6.07) is 11.2. The number of aromatic nitrogens is 2. The predicted molar refractivity (Wildman–Crippen MR) is 79.5 cm³/mol. The zero-order chi connectivity index (χ0) is 15.3. The summed E-state index contributed by atoms with van der Waals surface area (Å²) < 4.78 is 28.5. The smallest absolute Gasteiger partial charge is 0.212 e. The number of fused-ring (bicyclic) bond motifs is 3. The first-order valence-corrected chi connectivity index (χ1v) is 6.66. The van der Waals surface area contributed by atoms with Crippen LogP contribution in [0.25, 0.3) is 11.0 Å². The Morgan fingerprint density at radius 3 is 2.73 bits per heavy atom. The third-order valence-corrected chi connectivity index (χ3v) is 3.58. The van der Waals surface area contributed by atoms with E-state index in [0.717, 1.165) is 23.2 Å². The second-order valence-corrected chi connectivity index (χ2v) is 4.98. The zero-order valence-corrected chi connectivity index (χ0v) is 11.3. The molecule has 0 fully saturated rings. The van der Waals surface area contributed by atoms with E-state index in [1.807, 2.05) is 24.3 Å². The van der Waals surface area contributed by atoms with Gasteiger partial charge in [-0.25, -0.2) is 18.8 Å². The van der Waals surface area contributed by atoms with Gasteiger partial charge in [-0.1, -0.05) is 18.2 Å². The van der Waals surface area contributed by atoms with Crippen molar-refractivity contribution in [3.05, 3.63) is 59.7 Å². The van der Waals surface area contributed by atoms with Crippen LogP contribution in [0.2, 0.25) is 0 Å². The molecule has 0 bridgehead atoms. The predicted octanol–water partition coefficient (Wildman–Crippen LogP) is 2.60. The quantitative estimate of drug-likeness (QED) is 0.725. The van der Waals surface area contributed by atoms with Crippen molar-refractivity contribution in [3.63, 3.8) is 0 Å². The number of guanidine groups is 1. The summed E-state index contributed by atoms with van der Waals surface area (Å²) in [6.07, 6.45) is -0.598. The number of benzene rings is 2. The lowest BCUT2D eigenvalue weighted by molar-refractivity contribution is 0.503. The molecule has 0 saturated carbocycles. The van der Waals surface area contributed by atoms with Gasteiger partial charge in [0.25, 0.3) is 0 Å². The Balaban J connectivity index is 1.96. The molecule has 0 amide bonds. The average molecular weight is 299 g/mol. The molecule has 2 aromatic carbocycles. The Hall–Kier alpha value is -2.96. The van der Waals surface area contributed by atoms with Crippen molar-refractivity contribution < 1.29 is 8.78 Å². The Morgan fingerprint density at radius 1 is 1.09 bits per heavy atom. The molecule has 0 aliphatic carbocycles. The molecule has 4 rings (SSSR count). The van der Waals surface area contributed by atoms with Crippen LogP contribution in [0.4, 0.5) is 14.7 Å². The minimum atomic E-state index is -0.921. The van der Waals surface area contributed by atoms with Gasteiger partial charge in [-0.05, 0) is 24.3 Å². The van der Waals surface area contributed by atoms with E-state index in [4.69, 9.17) is 5.73 Å². The molecular formula is C15H11F2N5. The molecule has 1 aliphatic heterocycles. The van der Waals surface area contributed by atoms with Crippen LogP contribution in [-0.4, -0.2) is 15.5 Å². The molecule has 0 radical (unpaired) electrons. The van der Waals surface area contributed by atoms with Crippen molar-refractivity contribution >= 4 is 22.9 Å². The minimum Gasteiger partial charge on any atom is -0.370 e. The van der Waals surface area contributed by atoms with Crippen LogP contribution in [0, 0.1) is 11.6 Å². The van der Waals surface area contributed by atoms with E-state index >= 15 is 0 Å². The number of anilines is 1. The van der Waals surface area contributed by atoms with Crippen LogP contribution in [0.3, 0.4) is 0 Å². The summed E-state index contributed by atoms with van der Waals surface area (Å²) in [4.78, 5) is 8.75. The number of hydrogen-bond acceptors (Lipinski definition) is 4. The molecule has 5 nitrogen and oxygen atoms in total. The van der Waals surface area contributed by atoms with Crippen LogP contribution >= 0.6 is 0 Å². The second kappa shape index (κ2) is 4.52. The average Bonchev–Trinajstić information content (AvgIpc) is 2.87. The maximum atomic E-state index is 13.6. The lowest BCUT2D eigenvalue weighted by Crippen LogP contribution is -2.31. The lowest BCUT2D eigenvalue weighted by atomic mass is 10.1. The number of nitrogens with one attached hydrogen (secondary N) is 1. The van der Waals surface area contributed by atoms with Crippen molar-refractivity contribution in [1.29, 1.82) is 0 Å². The van der Waals surface area contributed by atoms with Crippen LogP contribution in [0.15, 0.2) is 47.5 Å². The first kappa shape index (κ1) is 12.8. The number of nitrogens with two attached hydrogens (primary N) is 1. The Kier molecular flexibility index (Phi) is 2.62. The highest BCUT2D eigenvalue weighted by atomic mass is 19.2. The highest BCUT2D eigenvalue weighted by Gasteiger charge is 2.25. The van der Waals surface area contributed by atoms with Crippen molar-refractivity contribution in [2.75, 3.05) is 5.32 Å². The summed E-state index contributed by atoms with van der Waals surface area (Å²) >= 11 is 0. The number of halogens is 2. The summed E-state index contributed by atoms with van der Waals surface area (Å²) in [6.45, 7) is 0. The van der Waals surface area contributed by atoms with Gasteiger partial charge in [0.05, 0.1) is 11.0 Å². The fourth-order valence-corrected chi connectivity index (χ4v) is 2.61. The highest BCUT2D eigenvalue weighted by Crippen LogP contribution is 2.32.